The summed E-state index contributed by atoms with van der Waals surface area (Å²) in [6.07, 6.45) is 2.23. The first-order valence-electron chi connectivity index (χ1n) is 6.74. The predicted molar refractivity (Wildman–Crippen MR) is 86.8 cm³/mol. The highest BCUT2D eigenvalue weighted by Gasteiger charge is 2.10. The first-order valence-corrected chi connectivity index (χ1v) is 7.12. The van der Waals surface area contributed by atoms with Crippen LogP contribution < -0.4 is 5.32 Å². The largest absolute Gasteiger partial charge is 0.361 e. The fraction of sp³-hybridized carbons (Fsp3) is 0.118. The standard InChI is InChI=1S/C17H15ClN2O/c1-11-8-13(18)6-7-15(11)20-17(21)9-12-10-19-16-5-3-2-4-14(12)16/h2-8,10,19H,9H2,1H3,(H,20,21). The number of amides is 1. The van der Waals surface area contributed by atoms with E-state index < -0.39 is 0 Å². The number of aryl methyl sites for hydroxylation is 1. The van der Waals surface area contributed by atoms with Crippen LogP contribution in [0.25, 0.3) is 10.9 Å². The topological polar surface area (TPSA) is 44.9 Å². The van der Waals surface area contributed by atoms with Gasteiger partial charge in [-0.15, -0.1) is 0 Å². The van der Waals surface area contributed by atoms with Crippen LogP contribution in [0.3, 0.4) is 0 Å². The van der Waals surface area contributed by atoms with E-state index in [1.807, 2.05) is 49.5 Å². The Morgan fingerprint density at radius 3 is 2.86 bits per heavy atom. The fourth-order valence-electron chi connectivity index (χ4n) is 2.41. The van der Waals surface area contributed by atoms with Gasteiger partial charge in [-0.25, -0.2) is 0 Å². The molecule has 4 heteroatoms. The summed E-state index contributed by atoms with van der Waals surface area (Å²) < 4.78 is 0. The van der Waals surface area contributed by atoms with Crippen LogP contribution >= 0.6 is 11.6 Å². The van der Waals surface area contributed by atoms with E-state index in [2.05, 4.69) is 10.3 Å². The second kappa shape index (κ2) is 5.62. The molecule has 0 spiro atoms. The van der Waals surface area contributed by atoms with Crippen LogP contribution in [0.5, 0.6) is 0 Å². The maximum absolute atomic E-state index is 12.2. The Hall–Kier alpha value is -2.26. The average molecular weight is 299 g/mol. The smallest absolute Gasteiger partial charge is 0.228 e. The van der Waals surface area contributed by atoms with E-state index in [1.54, 1.807) is 6.07 Å². The van der Waals surface area contributed by atoms with Gasteiger partial charge in [0.05, 0.1) is 6.42 Å². The number of rotatable bonds is 3. The number of halogens is 1. The van der Waals surface area contributed by atoms with Crippen molar-refractivity contribution in [2.24, 2.45) is 0 Å². The molecule has 2 aromatic carbocycles. The Bertz CT molecular complexity index is 807. The van der Waals surface area contributed by atoms with E-state index >= 15 is 0 Å². The monoisotopic (exact) mass is 298 g/mol. The Morgan fingerprint density at radius 1 is 1.24 bits per heavy atom. The average Bonchev–Trinajstić information content (AvgIpc) is 2.85. The number of carbonyl (C=O) groups excluding carboxylic acids is 1. The quantitative estimate of drug-likeness (QED) is 0.743. The van der Waals surface area contributed by atoms with Crippen LogP contribution in [-0.2, 0) is 11.2 Å². The lowest BCUT2D eigenvalue weighted by atomic mass is 10.1. The Labute approximate surface area is 127 Å². The van der Waals surface area contributed by atoms with Crippen molar-refractivity contribution in [3.63, 3.8) is 0 Å². The van der Waals surface area contributed by atoms with E-state index in [-0.39, 0.29) is 5.91 Å². The maximum Gasteiger partial charge on any atom is 0.228 e. The molecule has 3 nitrogen and oxygen atoms in total. The van der Waals surface area contributed by atoms with Crippen LogP contribution in [0.2, 0.25) is 5.02 Å². The molecule has 0 radical (unpaired) electrons. The molecule has 0 aliphatic rings. The van der Waals surface area contributed by atoms with Crippen molar-refractivity contribution in [1.29, 1.82) is 0 Å². The molecule has 0 atom stereocenters. The summed E-state index contributed by atoms with van der Waals surface area (Å²) in [7, 11) is 0. The number of carbonyl (C=O) groups is 1. The number of benzene rings is 2. The van der Waals surface area contributed by atoms with Gasteiger partial charge in [-0.2, -0.15) is 0 Å². The van der Waals surface area contributed by atoms with Gasteiger partial charge in [0, 0.05) is 27.8 Å². The molecule has 1 aromatic heterocycles. The first kappa shape index (κ1) is 13.7. The number of anilines is 1. The van der Waals surface area contributed by atoms with Gasteiger partial charge < -0.3 is 10.3 Å². The van der Waals surface area contributed by atoms with E-state index in [0.717, 1.165) is 27.7 Å². The van der Waals surface area contributed by atoms with Gasteiger partial charge in [0.15, 0.2) is 0 Å². The number of aromatic amines is 1. The van der Waals surface area contributed by atoms with Gasteiger partial charge >= 0.3 is 0 Å². The molecule has 0 bridgehead atoms. The number of hydrogen-bond donors (Lipinski definition) is 2. The summed E-state index contributed by atoms with van der Waals surface area (Å²) in [6, 6.07) is 13.4. The lowest BCUT2D eigenvalue weighted by Gasteiger charge is -2.08. The van der Waals surface area contributed by atoms with Crippen molar-refractivity contribution in [3.8, 4) is 0 Å². The predicted octanol–water partition coefficient (Wildman–Crippen LogP) is 4.31. The van der Waals surface area contributed by atoms with Gasteiger partial charge in [-0.3, -0.25) is 4.79 Å². The van der Waals surface area contributed by atoms with E-state index in [1.165, 1.54) is 0 Å². The van der Waals surface area contributed by atoms with Crippen molar-refractivity contribution in [1.82, 2.24) is 4.98 Å². The van der Waals surface area contributed by atoms with Gasteiger partial charge in [0.25, 0.3) is 0 Å². The van der Waals surface area contributed by atoms with Crippen LogP contribution in [0.4, 0.5) is 5.69 Å². The third-order valence-corrected chi connectivity index (χ3v) is 3.72. The summed E-state index contributed by atoms with van der Waals surface area (Å²) in [5.74, 6) is -0.0369. The molecule has 0 aliphatic heterocycles. The SMILES string of the molecule is Cc1cc(Cl)ccc1NC(=O)Cc1c[nH]c2ccccc12. The number of hydrogen-bond acceptors (Lipinski definition) is 1. The minimum absolute atomic E-state index is 0.0369. The molecule has 3 rings (SSSR count). The van der Waals surface area contributed by atoms with E-state index in [4.69, 9.17) is 11.6 Å². The fourth-order valence-corrected chi connectivity index (χ4v) is 2.64. The lowest BCUT2D eigenvalue weighted by Crippen LogP contribution is -2.14. The van der Waals surface area contributed by atoms with Crippen molar-refractivity contribution in [2.45, 2.75) is 13.3 Å². The summed E-state index contributed by atoms with van der Waals surface area (Å²) in [5.41, 5.74) is 3.79. The van der Waals surface area contributed by atoms with Gasteiger partial charge in [-0.05, 0) is 42.3 Å². The first-order chi connectivity index (χ1) is 10.1. The normalized spacial score (nSPS) is 10.8. The number of aromatic nitrogens is 1. The number of nitrogens with one attached hydrogen (secondary N) is 2. The van der Waals surface area contributed by atoms with Crippen LogP contribution in [0, 0.1) is 6.92 Å². The molecule has 2 N–H and O–H groups in total. The zero-order chi connectivity index (χ0) is 14.8. The van der Waals surface area contributed by atoms with Crippen molar-refractivity contribution in [2.75, 3.05) is 5.32 Å². The van der Waals surface area contributed by atoms with Crippen LogP contribution in [0.1, 0.15) is 11.1 Å². The molecule has 0 unspecified atom stereocenters. The van der Waals surface area contributed by atoms with Crippen molar-refractivity contribution < 1.29 is 4.79 Å². The molecular formula is C17H15ClN2O. The molecule has 21 heavy (non-hydrogen) atoms. The zero-order valence-corrected chi connectivity index (χ0v) is 12.4. The molecular weight excluding hydrogens is 284 g/mol. The number of fused-ring (bicyclic) bond motifs is 1. The number of H-pyrrole nitrogens is 1. The van der Waals surface area contributed by atoms with E-state index in [0.29, 0.717) is 11.4 Å². The summed E-state index contributed by atoms with van der Waals surface area (Å²) in [4.78, 5) is 15.4. The molecule has 1 amide bonds. The molecule has 0 fully saturated rings. The van der Waals surface area contributed by atoms with Gasteiger partial charge in [0.1, 0.15) is 0 Å². The summed E-state index contributed by atoms with van der Waals surface area (Å²) >= 11 is 5.92. The van der Waals surface area contributed by atoms with Crippen molar-refractivity contribution in [3.05, 3.63) is 64.8 Å². The van der Waals surface area contributed by atoms with Gasteiger partial charge in [0.2, 0.25) is 5.91 Å². The highest BCUT2D eigenvalue weighted by atomic mass is 35.5. The molecule has 1 heterocycles. The number of para-hydroxylation sites is 1. The van der Waals surface area contributed by atoms with Crippen LogP contribution in [0.15, 0.2) is 48.7 Å². The molecule has 0 aliphatic carbocycles. The minimum Gasteiger partial charge on any atom is -0.361 e. The highest BCUT2D eigenvalue weighted by molar-refractivity contribution is 6.30. The third kappa shape index (κ3) is 2.93. The second-order valence-corrected chi connectivity index (χ2v) is 5.48. The Kier molecular flexibility index (Phi) is 3.67. The third-order valence-electron chi connectivity index (χ3n) is 3.49. The second-order valence-electron chi connectivity index (χ2n) is 5.04. The molecule has 0 saturated heterocycles. The van der Waals surface area contributed by atoms with Crippen molar-refractivity contribution >= 4 is 34.1 Å². The van der Waals surface area contributed by atoms with E-state index in [9.17, 15) is 4.79 Å². The molecule has 0 saturated carbocycles. The summed E-state index contributed by atoms with van der Waals surface area (Å²) in [6.45, 7) is 1.92. The Morgan fingerprint density at radius 2 is 2.05 bits per heavy atom. The maximum atomic E-state index is 12.2. The molecule has 106 valence electrons. The lowest BCUT2D eigenvalue weighted by molar-refractivity contribution is -0.115. The highest BCUT2D eigenvalue weighted by Crippen LogP contribution is 2.21. The zero-order valence-electron chi connectivity index (χ0n) is 11.6. The van der Waals surface area contributed by atoms with Gasteiger partial charge in [-0.1, -0.05) is 29.8 Å². The van der Waals surface area contributed by atoms with Crippen LogP contribution in [-0.4, -0.2) is 10.9 Å². The Balaban J connectivity index is 1.77. The minimum atomic E-state index is -0.0369. The summed E-state index contributed by atoms with van der Waals surface area (Å²) in [5, 5.41) is 4.68. The molecule has 3 aromatic rings.